The zero-order valence-corrected chi connectivity index (χ0v) is 20.1. The Balaban J connectivity index is 3.23. The van der Waals surface area contributed by atoms with Crippen LogP contribution in [0.4, 0.5) is 0 Å². The van der Waals surface area contributed by atoms with Gasteiger partial charge in [0.25, 0.3) is 0 Å². The van der Waals surface area contributed by atoms with Gasteiger partial charge in [-0.2, -0.15) is 0 Å². The average molecular weight is 427 g/mol. The summed E-state index contributed by atoms with van der Waals surface area (Å²) >= 11 is 0. The molecule has 0 aliphatic carbocycles. The molecule has 0 bridgehead atoms. The maximum absolute atomic E-state index is 11.8. The highest BCUT2D eigenvalue weighted by Crippen LogP contribution is 2.14. The molecule has 0 saturated carbocycles. The van der Waals surface area contributed by atoms with Crippen molar-refractivity contribution in [3.63, 3.8) is 0 Å². The number of carbonyl (C=O) groups is 2. The van der Waals surface area contributed by atoms with Crippen molar-refractivity contribution < 1.29 is 19.4 Å². The summed E-state index contributed by atoms with van der Waals surface area (Å²) < 4.78 is 5.33. The van der Waals surface area contributed by atoms with Crippen LogP contribution in [0.5, 0.6) is 0 Å². The number of hydrogen-bond donors (Lipinski definition) is 1. The lowest BCUT2D eigenvalue weighted by molar-refractivity contribution is -0.148. The van der Waals surface area contributed by atoms with E-state index in [-0.39, 0.29) is 18.5 Å². The largest absolute Gasteiger partial charge is 0.481 e. The number of rotatable bonds is 23. The van der Waals surface area contributed by atoms with Crippen LogP contribution in [-0.4, -0.2) is 23.1 Å². The topological polar surface area (TPSA) is 63.6 Å². The Labute approximate surface area is 186 Å². The zero-order valence-electron chi connectivity index (χ0n) is 20.1. The van der Waals surface area contributed by atoms with E-state index >= 15 is 0 Å². The SMILES string of the molecule is CCCCCCCCCCCCCCCCCCCC(=O)OC(C)CCCC(=O)O. The van der Waals surface area contributed by atoms with Gasteiger partial charge in [-0.05, 0) is 26.2 Å². The summed E-state index contributed by atoms with van der Waals surface area (Å²) in [5.74, 6) is -0.934. The molecule has 0 amide bonds. The van der Waals surface area contributed by atoms with Crippen LogP contribution in [0.15, 0.2) is 0 Å². The summed E-state index contributed by atoms with van der Waals surface area (Å²) in [6.07, 6.45) is 24.3. The number of carboxylic acids is 1. The van der Waals surface area contributed by atoms with E-state index in [1.54, 1.807) is 0 Å². The van der Waals surface area contributed by atoms with Crippen LogP contribution in [0.1, 0.15) is 149 Å². The smallest absolute Gasteiger partial charge is 0.306 e. The van der Waals surface area contributed by atoms with Crippen LogP contribution in [-0.2, 0) is 14.3 Å². The quantitative estimate of drug-likeness (QED) is 0.132. The molecule has 0 aromatic carbocycles. The molecular weight excluding hydrogens is 376 g/mol. The van der Waals surface area contributed by atoms with Crippen molar-refractivity contribution in [2.75, 3.05) is 0 Å². The van der Waals surface area contributed by atoms with Crippen LogP contribution < -0.4 is 0 Å². The van der Waals surface area contributed by atoms with Gasteiger partial charge in [-0.1, -0.05) is 110 Å². The van der Waals surface area contributed by atoms with Crippen LogP contribution >= 0.6 is 0 Å². The van der Waals surface area contributed by atoms with E-state index in [0.29, 0.717) is 19.3 Å². The third kappa shape index (κ3) is 23.2. The number of unbranched alkanes of at least 4 members (excludes halogenated alkanes) is 16. The summed E-state index contributed by atoms with van der Waals surface area (Å²) in [5.41, 5.74) is 0. The minimum absolute atomic E-state index is 0.140. The minimum Gasteiger partial charge on any atom is -0.481 e. The average Bonchev–Trinajstić information content (AvgIpc) is 2.70. The van der Waals surface area contributed by atoms with E-state index in [1.165, 1.54) is 96.3 Å². The molecule has 0 aliphatic rings. The third-order valence-corrected chi connectivity index (χ3v) is 5.82. The maximum Gasteiger partial charge on any atom is 0.306 e. The van der Waals surface area contributed by atoms with Gasteiger partial charge in [0.2, 0.25) is 0 Å². The molecule has 0 aromatic heterocycles. The Bertz CT molecular complexity index is 394. The molecule has 0 heterocycles. The van der Waals surface area contributed by atoms with Gasteiger partial charge in [0, 0.05) is 12.8 Å². The van der Waals surface area contributed by atoms with Gasteiger partial charge in [-0.3, -0.25) is 9.59 Å². The first kappa shape index (κ1) is 28.9. The summed E-state index contributed by atoms with van der Waals surface area (Å²) in [6, 6.07) is 0. The van der Waals surface area contributed by atoms with Crippen molar-refractivity contribution in [3.8, 4) is 0 Å². The van der Waals surface area contributed by atoms with E-state index in [9.17, 15) is 9.59 Å². The molecule has 4 nitrogen and oxygen atoms in total. The van der Waals surface area contributed by atoms with Crippen molar-refractivity contribution >= 4 is 11.9 Å². The number of aliphatic carboxylic acids is 1. The molecule has 1 unspecified atom stereocenters. The fraction of sp³-hybridized carbons (Fsp3) is 0.923. The van der Waals surface area contributed by atoms with E-state index < -0.39 is 5.97 Å². The highest BCUT2D eigenvalue weighted by Gasteiger charge is 2.10. The first-order chi connectivity index (χ1) is 14.6. The number of hydrogen-bond acceptors (Lipinski definition) is 3. The number of carboxylic acid groups (broad SMARTS) is 1. The molecule has 0 radical (unpaired) electrons. The van der Waals surface area contributed by atoms with Crippen molar-refractivity contribution in [2.45, 2.75) is 155 Å². The number of esters is 1. The molecule has 0 aliphatic heterocycles. The molecule has 0 spiro atoms. The fourth-order valence-corrected chi connectivity index (χ4v) is 3.88. The molecule has 0 saturated heterocycles. The molecule has 1 atom stereocenters. The lowest BCUT2D eigenvalue weighted by atomic mass is 10.0. The molecule has 1 N–H and O–H groups in total. The molecular formula is C26H50O4. The highest BCUT2D eigenvalue weighted by molar-refractivity contribution is 5.69. The molecule has 0 rings (SSSR count). The second kappa shape index (κ2) is 22.6. The second-order valence-electron chi connectivity index (χ2n) is 8.99. The lowest BCUT2D eigenvalue weighted by Crippen LogP contribution is -2.15. The molecule has 178 valence electrons. The Kier molecular flexibility index (Phi) is 21.8. The van der Waals surface area contributed by atoms with E-state index in [2.05, 4.69) is 6.92 Å². The molecule has 4 heteroatoms. The van der Waals surface area contributed by atoms with Gasteiger partial charge in [0.05, 0.1) is 6.10 Å². The normalized spacial score (nSPS) is 12.1. The highest BCUT2D eigenvalue weighted by atomic mass is 16.5. The van der Waals surface area contributed by atoms with E-state index in [4.69, 9.17) is 9.84 Å². The van der Waals surface area contributed by atoms with Gasteiger partial charge in [-0.25, -0.2) is 0 Å². The summed E-state index contributed by atoms with van der Waals surface area (Å²) in [7, 11) is 0. The first-order valence-corrected chi connectivity index (χ1v) is 13.0. The molecule has 30 heavy (non-hydrogen) atoms. The predicted molar refractivity (Wildman–Crippen MR) is 126 cm³/mol. The van der Waals surface area contributed by atoms with Crippen LogP contribution in [0.25, 0.3) is 0 Å². The van der Waals surface area contributed by atoms with Gasteiger partial charge >= 0.3 is 11.9 Å². The minimum atomic E-state index is -0.794. The molecule has 0 fully saturated rings. The summed E-state index contributed by atoms with van der Waals surface area (Å²) in [5, 5.41) is 8.62. The van der Waals surface area contributed by atoms with Gasteiger partial charge in [-0.15, -0.1) is 0 Å². The van der Waals surface area contributed by atoms with Crippen molar-refractivity contribution in [1.82, 2.24) is 0 Å². The fourth-order valence-electron chi connectivity index (χ4n) is 3.88. The van der Waals surface area contributed by atoms with Crippen molar-refractivity contribution in [3.05, 3.63) is 0 Å². The van der Waals surface area contributed by atoms with Crippen molar-refractivity contribution in [1.29, 1.82) is 0 Å². The monoisotopic (exact) mass is 426 g/mol. The number of ether oxygens (including phenoxy) is 1. The van der Waals surface area contributed by atoms with Crippen LogP contribution in [0.2, 0.25) is 0 Å². The van der Waals surface area contributed by atoms with Crippen molar-refractivity contribution in [2.24, 2.45) is 0 Å². The van der Waals surface area contributed by atoms with E-state index in [0.717, 1.165) is 12.8 Å². The third-order valence-electron chi connectivity index (χ3n) is 5.82. The summed E-state index contributed by atoms with van der Waals surface area (Å²) in [6.45, 7) is 4.12. The maximum atomic E-state index is 11.8. The zero-order chi connectivity index (χ0) is 22.3. The second-order valence-corrected chi connectivity index (χ2v) is 8.99. The predicted octanol–water partition coefficient (Wildman–Crippen LogP) is 8.21. The number of carbonyl (C=O) groups excluding carboxylic acids is 1. The standard InChI is InChI=1S/C26H50O4/c1-3-4-5-6-7-8-9-10-11-12-13-14-15-16-17-18-19-23-26(29)30-24(2)21-20-22-25(27)28/h24H,3-23H2,1-2H3,(H,27,28). The lowest BCUT2D eigenvalue weighted by Gasteiger charge is -2.12. The Morgan fingerprint density at radius 3 is 1.43 bits per heavy atom. The Hall–Kier alpha value is -1.06. The van der Waals surface area contributed by atoms with E-state index in [1.807, 2.05) is 6.92 Å². The van der Waals surface area contributed by atoms with Gasteiger partial charge in [0.15, 0.2) is 0 Å². The van der Waals surface area contributed by atoms with Gasteiger partial charge in [0.1, 0.15) is 0 Å². The Morgan fingerprint density at radius 1 is 0.633 bits per heavy atom. The van der Waals surface area contributed by atoms with Crippen LogP contribution in [0.3, 0.4) is 0 Å². The molecule has 0 aromatic rings. The van der Waals surface area contributed by atoms with Crippen LogP contribution in [0, 0.1) is 0 Å². The first-order valence-electron chi connectivity index (χ1n) is 13.0. The van der Waals surface area contributed by atoms with Gasteiger partial charge < -0.3 is 9.84 Å². The summed E-state index contributed by atoms with van der Waals surface area (Å²) in [4.78, 5) is 22.3. The Morgan fingerprint density at radius 2 is 1.03 bits per heavy atom.